The molecular weight excluding hydrogens is 437 g/mol. The highest BCUT2D eigenvalue weighted by atomic mass is 32.2. The number of aromatic nitrogens is 4. The zero-order valence-electron chi connectivity index (χ0n) is 17.8. The lowest BCUT2D eigenvalue weighted by Crippen LogP contribution is -2.32. The first-order valence-corrected chi connectivity index (χ1v) is 11.8. The van der Waals surface area contributed by atoms with Gasteiger partial charge in [-0.15, -0.1) is 10.2 Å². The Morgan fingerprint density at radius 3 is 2.67 bits per heavy atom. The van der Waals surface area contributed by atoms with Crippen molar-refractivity contribution < 1.29 is 9.18 Å². The fourth-order valence-corrected chi connectivity index (χ4v) is 4.91. The van der Waals surface area contributed by atoms with Crippen LogP contribution in [0.25, 0.3) is 17.1 Å². The van der Waals surface area contributed by atoms with Gasteiger partial charge in [-0.1, -0.05) is 36.0 Å². The second-order valence-corrected chi connectivity index (χ2v) is 8.80. The molecular formula is C25H22FN5OS. The molecule has 8 heteroatoms. The number of hydrogen-bond acceptors (Lipinski definition) is 5. The summed E-state index contributed by atoms with van der Waals surface area (Å²) in [6.07, 6.45) is 6.41. The van der Waals surface area contributed by atoms with Gasteiger partial charge in [-0.25, -0.2) is 4.39 Å². The summed E-state index contributed by atoms with van der Waals surface area (Å²) in [5, 5.41) is 12.4. The van der Waals surface area contributed by atoms with Crippen molar-refractivity contribution in [3.05, 3.63) is 90.0 Å². The molecule has 0 saturated heterocycles. The highest BCUT2D eigenvalue weighted by molar-refractivity contribution is 7.99. The van der Waals surface area contributed by atoms with E-state index in [9.17, 15) is 9.18 Å². The Morgan fingerprint density at radius 1 is 1.06 bits per heavy atom. The maximum atomic E-state index is 13.5. The summed E-state index contributed by atoms with van der Waals surface area (Å²) in [6, 6.07) is 18.1. The number of thioether (sulfide) groups is 1. The van der Waals surface area contributed by atoms with Gasteiger partial charge in [-0.2, -0.15) is 0 Å². The van der Waals surface area contributed by atoms with Crippen molar-refractivity contribution in [2.45, 2.75) is 30.5 Å². The number of carbonyl (C=O) groups is 1. The second kappa shape index (κ2) is 9.54. The van der Waals surface area contributed by atoms with Crippen LogP contribution >= 0.6 is 11.8 Å². The van der Waals surface area contributed by atoms with Crippen molar-refractivity contribution in [3.8, 4) is 17.1 Å². The molecule has 1 amide bonds. The maximum Gasteiger partial charge on any atom is 0.230 e. The lowest BCUT2D eigenvalue weighted by molar-refractivity contribution is -0.119. The monoisotopic (exact) mass is 459 g/mol. The third-order valence-electron chi connectivity index (χ3n) is 5.69. The van der Waals surface area contributed by atoms with Crippen LogP contribution in [-0.4, -0.2) is 31.4 Å². The van der Waals surface area contributed by atoms with Gasteiger partial charge in [-0.05, 0) is 66.8 Å². The van der Waals surface area contributed by atoms with Crippen molar-refractivity contribution in [2.24, 2.45) is 0 Å². The van der Waals surface area contributed by atoms with Crippen LogP contribution in [0.5, 0.6) is 0 Å². The minimum absolute atomic E-state index is 0.0328. The Hall–Kier alpha value is -3.52. The van der Waals surface area contributed by atoms with Gasteiger partial charge in [0.1, 0.15) is 5.82 Å². The normalized spacial score (nSPS) is 15.1. The predicted octanol–water partition coefficient (Wildman–Crippen LogP) is 4.75. The number of nitrogens with zero attached hydrogens (tertiary/aromatic N) is 4. The van der Waals surface area contributed by atoms with Crippen LogP contribution in [0.3, 0.4) is 0 Å². The van der Waals surface area contributed by atoms with Gasteiger partial charge in [0.05, 0.1) is 11.8 Å². The zero-order chi connectivity index (χ0) is 22.6. The van der Waals surface area contributed by atoms with Crippen molar-refractivity contribution in [2.75, 3.05) is 5.75 Å². The molecule has 2 heterocycles. The molecule has 1 atom stereocenters. The third-order valence-corrected chi connectivity index (χ3v) is 6.62. The number of halogens is 1. The first-order valence-electron chi connectivity index (χ1n) is 10.8. The summed E-state index contributed by atoms with van der Waals surface area (Å²) in [5.41, 5.74) is 4.06. The van der Waals surface area contributed by atoms with Crippen molar-refractivity contribution in [1.82, 2.24) is 25.1 Å². The molecule has 6 nitrogen and oxygen atoms in total. The van der Waals surface area contributed by atoms with Crippen molar-refractivity contribution in [1.29, 1.82) is 0 Å². The summed E-state index contributed by atoms with van der Waals surface area (Å²) in [7, 11) is 0. The van der Waals surface area contributed by atoms with Gasteiger partial charge < -0.3 is 5.32 Å². The minimum Gasteiger partial charge on any atom is -0.349 e. The number of hydrogen-bond donors (Lipinski definition) is 1. The summed E-state index contributed by atoms with van der Waals surface area (Å²) >= 11 is 1.31. The van der Waals surface area contributed by atoms with Crippen LogP contribution in [0.1, 0.15) is 30.0 Å². The number of nitrogens with one attached hydrogen (secondary N) is 1. The van der Waals surface area contributed by atoms with Gasteiger partial charge in [0, 0.05) is 23.6 Å². The lowest BCUT2D eigenvalue weighted by Gasteiger charge is -2.26. The molecule has 166 valence electrons. The number of rotatable bonds is 6. The Balaban J connectivity index is 1.36. The molecule has 33 heavy (non-hydrogen) atoms. The van der Waals surface area contributed by atoms with E-state index in [4.69, 9.17) is 0 Å². The second-order valence-electron chi connectivity index (χ2n) is 7.85. The molecule has 0 radical (unpaired) electrons. The van der Waals surface area contributed by atoms with E-state index in [1.165, 1.54) is 35.0 Å². The largest absolute Gasteiger partial charge is 0.349 e. The van der Waals surface area contributed by atoms with E-state index in [2.05, 4.69) is 32.6 Å². The highest BCUT2D eigenvalue weighted by Crippen LogP contribution is 2.31. The maximum absolute atomic E-state index is 13.5. The predicted molar refractivity (Wildman–Crippen MR) is 126 cm³/mol. The van der Waals surface area contributed by atoms with E-state index in [1.807, 2.05) is 28.8 Å². The Morgan fingerprint density at radius 2 is 1.85 bits per heavy atom. The number of pyridine rings is 1. The Bertz CT molecular complexity index is 1260. The van der Waals surface area contributed by atoms with E-state index in [0.29, 0.717) is 11.0 Å². The number of carbonyl (C=O) groups excluding carboxylic acids is 1. The number of aryl methyl sites for hydroxylation is 1. The van der Waals surface area contributed by atoms with Crippen molar-refractivity contribution >= 4 is 17.7 Å². The van der Waals surface area contributed by atoms with Crippen LogP contribution in [0.15, 0.2) is 78.2 Å². The van der Waals surface area contributed by atoms with Crippen LogP contribution in [-0.2, 0) is 11.2 Å². The van der Waals surface area contributed by atoms with E-state index in [-0.39, 0.29) is 23.5 Å². The SMILES string of the molecule is O=C(CSc1nnc(-c2ccncc2)n1-c1ccc(F)cc1)N[C@H]1CCCc2ccccc21. The fourth-order valence-electron chi connectivity index (χ4n) is 4.14. The van der Waals surface area contributed by atoms with Gasteiger partial charge in [0.25, 0.3) is 0 Å². The molecule has 0 fully saturated rings. The standard InChI is InChI=1S/C25H22FN5OS/c26-19-8-10-20(11-9-19)31-24(18-12-14-27-15-13-18)29-30-25(31)33-16-23(32)28-22-7-3-5-17-4-1-2-6-21(17)22/h1-2,4,6,8-15,22H,3,5,7,16H2,(H,28,32)/t22-/m0/s1. The van der Waals surface area contributed by atoms with Crippen LogP contribution in [0.2, 0.25) is 0 Å². The summed E-state index contributed by atoms with van der Waals surface area (Å²) in [5.74, 6) is 0.432. The molecule has 1 aliphatic carbocycles. The third kappa shape index (κ3) is 4.66. The van der Waals surface area contributed by atoms with Gasteiger partial charge >= 0.3 is 0 Å². The number of fused-ring (bicyclic) bond motifs is 1. The molecule has 1 N–H and O–H groups in total. The molecule has 0 bridgehead atoms. The molecule has 5 rings (SSSR count). The van der Waals surface area contributed by atoms with E-state index >= 15 is 0 Å². The molecule has 0 unspecified atom stereocenters. The molecule has 0 saturated carbocycles. The van der Waals surface area contributed by atoms with E-state index in [1.54, 1.807) is 24.5 Å². The Labute approximate surface area is 195 Å². The van der Waals surface area contributed by atoms with Crippen LogP contribution < -0.4 is 5.32 Å². The topological polar surface area (TPSA) is 72.7 Å². The quantitative estimate of drug-likeness (QED) is 0.421. The lowest BCUT2D eigenvalue weighted by atomic mass is 9.88. The summed E-state index contributed by atoms with van der Waals surface area (Å²) < 4.78 is 15.4. The Kier molecular flexibility index (Phi) is 6.17. The molecule has 1 aliphatic rings. The fraction of sp³-hybridized carbons (Fsp3) is 0.200. The first-order chi connectivity index (χ1) is 16.2. The summed E-state index contributed by atoms with van der Waals surface area (Å²) in [6.45, 7) is 0. The van der Waals surface area contributed by atoms with E-state index < -0.39 is 0 Å². The van der Waals surface area contributed by atoms with Crippen LogP contribution in [0.4, 0.5) is 4.39 Å². The molecule has 0 spiro atoms. The van der Waals surface area contributed by atoms with Crippen molar-refractivity contribution in [3.63, 3.8) is 0 Å². The van der Waals surface area contributed by atoms with Gasteiger partial charge in [-0.3, -0.25) is 14.3 Å². The van der Waals surface area contributed by atoms with Crippen LogP contribution in [0, 0.1) is 5.82 Å². The number of amides is 1. The first kappa shape index (κ1) is 21.3. The molecule has 0 aliphatic heterocycles. The molecule has 2 aromatic heterocycles. The zero-order valence-corrected chi connectivity index (χ0v) is 18.6. The van der Waals surface area contributed by atoms with E-state index in [0.717, 1.165) is 30.5 Å². The molecule has 2 aromatic carbocycles. The molecule has 4 aromatic rings. The highest BCUT2D eigenvalue weighted by Gasteiger charge is 2.22. The van der Waals surface area contributed by atoms with Gasteiger partial charge in [0.15, 0.2) is 11.0 Å². The summed E-state index contributed by atoms with van der Waals surface area (Å²) in [4.78, 5) is 16.9. The average Bonchev–Trinajstić information content (AvgIpc) is 3.28. The number of benzene rings is 2. The average molecular weight is 460 g/mol. The smallest absolute Gasteiger partial charge is 0.230 e. The van der Waals surface area contributed by atoms with Gasteiger partial charge in [0.2, 0.25) is 5.91 Å². The minimum atomic E-state index is -0.321.